The number of aryl methyl sites for hydroxylation is 1. The van der Waals surface area contributed by atoms with Gasteiger partial charge in [0.1, 0.15) is 12.8 Å². The molecule has 1 aliphatic heterocycles. The lowest BCUT2D eigenvalue weighted by molar-refractivity contribution is 0.0544. The smallest absolute Gasteiger partial charge is 0.410 e. The molecule has 1 fully saturated rings. The molecule has 8 heteroatoms. The number of pyridine rings is 1. The van der Waals surface area contributed by atoms with Gasteiger partial charge in [-0.15, -0.1) is 10.2 Å². The van der Waals surface area contributed by atoms with Gasteiger partial charge in [0, 0.05) is 25.2 Å². The van der Waals surface area contributed by atoms with Crippen LogP contribution in [0.5, 0.6) is 0 Å². The summed E-state index contributed by atoms with van der Waals surface area (Å²) in [7, 11) is 0. The maximum absolute atomic E-state index is 14.7. The van der Waals surface area contributed by atoms with Crippen LogP contribution in [0, 0.1) is 5.92 Å². The Morgan fingerprint density at radius 3 is 2.77 bits per heavy atom. The molecule has 3 heterocycles. The molecule has 0 bridgehead atoms. The van der Waals surface area contributed by atoms with Crippen molar-refractivity contribution in [1.82, 2.24) is 19.5 Å². The minimum absolute atomic E-state index is 0.0422. The van der Waals surface area contributed by atoms with Crippen molar-refractivity contribution >= 4 is 17.7 Å². The van der Waals surface area contributed by atoms with Crippen LogP contribution in [0.15, 0.2) is 48.7 Å². The van der Waals surface area contributed by atoms with Crippen molar-refractivity contribution < 1.29 is 13.9 Å². The van der Waals surface area contributed by atoms with Crippen molar-refractivity contribution in [2.75, 3.05) is 25.0 Å². The third-order valence-corrected chi connectivity index (χ3v) is 5.56. The van der Waals surface area contributed by atoms with Crippen LogP contribution in [0.1, 0.15) is 24.5 Å². The van der Waals surface area contributed by atoms with E-state index in [4.69, 9.17) is 4.74 Å². The number of hydrogen-bond acceptors (Lipinski definition) is 5. The molecule has 30 heavy (non-hydrogen) atoms. The Morgan fingerprint density at radius 2 is 2.00 bits per heavy atom. The van der Waals surface area contributed by atoms with E-state index in [1.54, 1.807) is 0 Å². The van der Waals surface area contributed by atoms with Gasteiger partial charge in [0.05, 0.1) is 6.54 Å². The summed E-state index contributed by atoms with van der Waals surface area (Å²) in [6, 6.07) is 13.6. The quantitative estimate of drug-likeness (QED) is 0.670. The number of nitrogens with one attached hydrogen (secondary N) is 1. The van der Waals surface area contributed by atoms with Crippen molar-refractivity contribution in [3.8, 4) is 0 Å². The summed E-state index contributed by atoms with van der Waals surface area (Å²) in [5.74, 6) is 0.389. The second kappa shape index (κ2) is 9.11. The van der Waals surface area contributed by atoms with Gasteiger partial charge in [0.25, 0.3) is 0 Å². The van der Waals surface area contributed by atoms with Crippen molar-refractivity contribution in [2.24, 2.45) is 5.92 Å². The Labute approximate surface area is 174 Å². The Balaban J connectivity index is 1.25. The van der Waals surface area contributed by atoms with E-state index in [0.717, 1.165) is 17.6 Å². The molecule has 2 aromatic heterocycles. The van der Waals surface area contributed by atoms with Crippen molar-refractivity contribution in [2.45, 2.75) is 32.5 Å². The normalized spacial score (nSPS) is 19.1. The van der Waals surface area contributed by atoms with Gasteiger partial charge >= 0.3 is 6.09 Å². The lowest BCUT2D eigenvalue weighted by Gasteiger charge is -2.34. The first-order chi connectivity index (χ1) is 14.6. The number of piperidine rings is 1. The summed E-state index contributed by atoms with van der Waals surface area (Å²) >= 11 is 0. The number of benzene rings is 1. The number of hydrogen-bond donors (Lipinski definition) is 1. The summed E-state index contributed by atoms with van der Waals surface area (Å²) in [5, 5.41) is 11.4. The van der Waals surface area contributed by atoms with Gasteiger partial charge < -0.3 is 15.0 Å². The number of nitrogens with zero attached hydrogens (tertiary/aromatic N) is 4. The van der Waals surface area contributed by atoms with Crippen LogP contribution in [-0.4, -0.2) is 51.4 Å². The average molecular weight is 411 g/mol. The maximum Gasteiger partial charge on any atom is 0.410 e. The highest BCUT2D eigenvalue weighted by Crippen LogP contribution is 2.22. The van der Waals surface area contributed by atoms with E-state index in [9.17, 15) is 9.18 Å². The van der Waals surface area contributed by atoms with Gasteiger partial charge in [-0.05, 0) is 36.1 Å². The fourth-order valence-corrected chi connectivity index (χ4v) is 3.64. The van der Waals surface area contributed by atoms with Gasteiger partial charge in [0.2, 0.25) is 5.95 Å². The zero-order chi connectivity index (χ0) is 20.9. The summed E-state index contributed by atoms with van der Waals surface area (Å²) in [6.07, 6.45) is 1.80. The first kappa shape index (κ1) is 20.1. The van der Waals surface area contributed by atoms with E-state index in [-0.39, 0.29) is 19.1 Å². The molecule has 158 valence electrons. The molecule has 0 spiro atoms. The lowest BCUT2D eigenvalue weighted by Crippen LogP contribution is -2.46. The van der Waals surface area contributed by atoms with Crippen LogP contribution >= 0.6 is 0 Å². The fourth-order valence-electron chi connectivity index (χ4n) is 3.64. The Kier molecular flexibility index (Phi) is 6.11. The first-order valence-electron chi connectivity index (χ1n) is 10.3. The number of likely N-dealkylation sites (tertiary alicyclic amines) is 1. The van der Waals surface area contributed by atoms with Crippen LogP contribution in [0.3, 0.4) is 0 Å². The van der Waals surface area contributed by atoms with Gasteiger partial charge in [-0.2, -0.15) is 0 Å². The molecule has 0 aliphatic carbocycles. The second-order valence-corrected chi connectivity index (χ2v) is 7.57. The van der Waals surface area contributed by atoms with Gasteiger partial charge in [-0.25, -0.2) is 9.18 Å². The van der Waals surface area contributed by atoms with Crippen LogP contribution in [0.2, 0.25) is 0 Å². The topological polar surface area (TPSA) is 71.8 Å². The number of halogens is 1. The van der Waals surface area contributed by atoms with Crippen molar-refractivity contribution in [3.05, 3.63) is 59.8 Å². The molecule has 0 radical (unpaired) electrons. The number of rotatable bonds is 6. The third kappa shape index (κ3) is 4.53. The van der Waals surface area contributed by atoms with E-state index in [2.05, 4.69) is 22.4 Å². The molecule has 1 N–H and O–H groups in total. The molecule has 0 saturated carbocycles. The van der Waals surface area contributed by atoms with E-state index >= 15 is 0 Å². The highest BCUT2D eigenvalue weighted by Gasteiger charge is 2.32. The SMILES string of the molecule is CCc1ccc(COC(=O)N2CC[C@H](CNc3nnc4ccccn34)[C@H](F)C2)cc1. The number of fused-ring (bicyclic) bond motifs is 1. The minimum Gasteiger partial charge on any atom is -0.445 e. The molecular weight excluding hydrogens is 385 g/mol. The van der Waals surface area contributed by atoms with E-state index in [1.165, 1.54) is 10.5 Å². The second-order valence-electron chi connectivity index (χ2n) is 7.57. The predicted molar refractivity (Wildman–Crippen MR) is 112 cm³/mol. The minimum atomic E-state index is -1.12. The zero-order valence-corrected chi connectivity index (χ0v) is 17.0. The number of amides is 1. The number of ether oxygens (including phenoxy) is 1. The van der Waals surface area contributed by atoms with Crippen LogP contribution in [0.4, 0.5) is 15.1 Å². The fraction of sp³-hybridized carbons (Fsp3) is 0.409. The predicted octanol–water partition coefficient (Wildman–Crippen LogP) is 3.70. The number of alkyl halides is 1. The number of carbonyl (C=O) groups excluding carboxylic acids is 1. The van der Waals surface area contributed by atoms with E-state index in [1.807, 2.05) is 53.1 Å². The van der Waals surface area contributed by atoms with Gasteiger partial charge in [-0.3, -0.25) is 4.40 Å². The zero-order valence-electron chi connectivity index (χ0n) is 17.0. The van der Waals surface area contributed by atoms with Crippen molar-refractivity contribution in [1.29, 1.82) is 0 Å². The monoisotopic (exact) mass is 411 g/mol. The number of carbonyl (C=O) groups is 1. The molecule has 2 atom stereocenters. The van der Waals surface area contributed by atoms with Gasteiger partial charge in [-0.1, -0.05) is 37.3 Å². The molecule has 7 nitrogen and oxygen atoms in total. The summed E-state index contributed by atoms with van der Waals surface area (Å²) in [4.78, 5) is 13.8. The van der Waals surface area contributed by atoms with Gasteiger partial charge in [0.15, 0.2) is 5.65 Å². The summed E-state index contributed by atoms with van der Waals surface area (Å²) in [5.41, 5.74) is 2.90. The molecule has 3 aromatic rings. The van der Waals surface area contributed by atoms with E-state index < -0.39 is 12.3 Å². The molecule has 4 rings (SSSR count). The molecule has 1 aromatic carbocycles. The first-order valence-corrected chi connectivity index (χ1v) is 10.3. The summed E-state index contributed by atoms with van der Waals surface area (Å²) in [6.45, 7) is 3.24. The highest BCUT2D eigenvalue weighted by molar-refractivity contribution is 5.67. The average Bonchev–Trinajstić information content (AvgIpc) is 3.20. The number of aromatic nitrogens is 3. The Morgan fingerprint density at radius 1 is 1.20 bits per heavy atom. The maximum atomic E-state index is 14.7. The largest absolute Gasteiger partial charge is 0.445 e. The van der Waals surface area contributed by atoms with E-state index in [0.29, 0.717) is 25.5 Å². The Hall–Kier alpha value is -3.16. The van der Waals surface area contributed by atoms with Crippen LogP contribution in [0.25, 0.3) is 5.65 Å². The molecule has 1 aliphatic rings. The molecular formula is C22H26FN5O2. The van der Waals surface area contributed by atoms with Crippen LogP contribution in [-0.2, 0) is 17.8 Å². The standard InChI is InChI=1S/C22H26FN5O2/c1-2-16-6-8-17(9-7-16)15-30-22(29)27-12-10-18(19(23)14-27)13-24-21-26-25-20-5-3-4-11-28(20)21/h3-9,11,18-19H,2,10,12-15H2,1H3,(H,24,26)/t18-,19-/m1/s1. The molecule has 1 amide bonds. The molecule has 0 unspecified atom stereocenters. The molecule has 1 saturated heterocycles. The number of anilines is 1. The summed E-state index contributed by atoms with van der Waals surface area (Å²) < 4.78 is 21.9. The highest BCUT2D eigenvalue weighted by atomic mass is 19.1. The van der Waals surface area contributed by atoms with Crippen LogP contribution < -0.4 is 5.32 Å². The van der Waals surface area contributed by atoms with Crippen molar-refractivity contribution in [3.63, 3.8) is 0 Å². The third-order valence-electron chi connectivity index (χ3n) is 5.56. The Bertz CT molecular complexity index is 991. The lowest BCUT2D eigenvalue weighted by atomic mass is 9.95.